The second kappa shape index (κ2) is 21.4. The molecule has 0 aromatic heterocycles. The number of ether oxygens (including phenoxy) is 5. The van der Waals surface area contributed by atoms with Crippen LogP contribution in [0.3, 0.4) is 0 Å². The van der Waals surface area contributed by atoms with Crippen molar-refractivity contribution in [2.75, 3.05) is 19.8 Å². The molecule has 5 saturated carbocycles. The van der Waals surface area contributed by atoms with Gasteiger partial charge in [-0.05, 0) is 147 Å². The summed E-state index contributed by atoms with van der Waals surface area (Å²) < 4.78 is 81.1. The van der Waals surface area contributed by atoms with Crippen molar-refractivity contribution >= 4 is 43.7 Å². The number of aliphatic hydroxyl groups is 1. The number of carbonyl (C=O) groups is 6. The number of allylic oxidation sites excluding steroid dienone is 4. The van der Waals surface area contributed by atoms with Gasteiger partial charge >= 0.3 is 20.3 Å². The minimum Gasteiger partial charge on any atom is -0.566 e. The molecule has 1 unspecified atom stereocenters. The molecule has 7 aliphatic carbocycles. The first-order valence-corrected chi connectivity index (χ1v) is 29.2. The molecule has 1 saturated heterocycles. The van der Waals surface area contributed by atoms with E-state index in [2.05, 4.69) is 16.0 Å². The lowest BCUT2D eigenvalue weighted by Gasteiger charge is -2.63. The monoisotopic (exact) mass is 1150 g/mol. The van der Waals surface area contributed by atoms with E-state index in [9.17, 15) is 43.3 Å². The summed E-state index contributed by atoms with van der Waals surface area (Å²) in [6.45, 7) is 7.04. The van der Waals surface area contributed by atoms with E-state index in [1.165, 1.54) is 19.1 Å². The number of hydrogen-bond donors (Lipinski definition) is 4. The molecule has 1 spiro atoms. The van der Waals surface area contributed by atoms with Crippen molar-refractivity contribution in [3.05, 3.63) is 113 Å². The van der Waals surface area contributed by atoms with E-state index < -0.39 is 127 Å². The van der Waals surface area contributed by atoms with Crippen LogP contribution in [-0.4, -0.2) is 114 Å². The number of fused-ring (bicyclic) bond motifs is 10. The first-order chi connectivity index (χ1) is 38.8. The molecule has 11 rings (SSSR count). The number of halogens is 2. The molecule has 8 aliphatic rings. The first kappa shape index (κ1) is 57.5. The topological polar surface area (TPSA) is 254 Å². The molecule has 82 heavy (non-hydrogen) atoms. The Kier molecular flexibility index (Phi) is 15.0. The summed E-state index contributed by atoms with van der Waals surface area (Å²) in [5.41, 5.74) is -3.54. The van der Waals surface area contributed by atoms with Gasteiger partial charge in [0.15, 0.2) is 35.7 Å². The Morgan fingerprint density at radius 3 is 2.24 bits per heavy atom. The lowest BCUT2D eigenvalue weighted by Crippen LogP contribution is -2.70. The van der Waals surface area contributed by atoms with E-state index >= 15 is 8.78 Å². The van der Waals surface area contributed by atoms with E-state index in [1.807, 2.05) is 48.5 Å². The lowest BCUT2D eigenvalue weighted by atomic mass is 9.44. The number of benzene rings is 3. The molecular weight excluding hydrogens is 1080 g/mol. The van der Waals surface area contributed by atoms with Crippen LogP contribution < -0.4 is 25.6 Å². The van der Waals surface area contributed by atoms with Gasteiger partial charge in [-0.2, -0.15) is 0 Å². The van der Waals surface area contributed by atoms with Crippen LogP contribution in [-0.2, 0) is 52.0 Å². The fourth-order valence-electron chi connectivity index (χ4n) is 15.4. The standard InChI is InChI=1S/C61H68F2N3O15P/c1-56(2,3)80-52(71)19-18-47(66-51(70)30-64-55(73)76-31-42-40-12-8-6-10-38(40)39-11-7-9-13-41(39)42)53(72)65-34-25-59(26-34)27-37(28-59)78-36-16-14-33(15-17-36)54-79-50-24-43-44-23-46(62)45-22-35(67)20-21-57(45,4)60(44,63)48(68)29-58(43,5)61(50,81-54)49(69)32-77-82(74)75/h6-17,20-22,34,37,42-44,46-48,50,54,68H,18-19,23-32H2,1-5H3,(H,64,73)(H,65,72)(H,66,70)/t34?,37?,43-,44-,46-,47-,48-,50+,54+,57-,58-,59?,60-,61+/m0/s1. The van der Waals surface area contributed by atoms with Crippen LogP contribution in [0, 0.1) is 28.1 Å². The maximum absolute atomic E-state index is 17.9. The Labute approximate surface area is 474 Å². The molecule has 4 N–H and O–H groups in total. The van der Waals surface area contributed by atoms with Crippen LogP contribution >= 0.6 is 8.25 Å². The van der Waals surface area contributed by atoms with Crippen LogP contribution in [0.5, 0.6) is 5.75 Å². The van der Waals surface area contributed by atoms with Crippen molar-refractivity contribution in [1.82, 2.24) is 16.0 Å². The summed E-state index contributed by atoms with van der Waals surface area (Å²) in [6.07, 6.45) is -1.09. The van der Waals surface area contributed by atoms with Crippen molar-refractivity contribution in [3.8, 4) is 16.9 Å². The van der Waals surface area contributed by atoms with E-state index in [4.69, 9.17) is 28.2 Å². The molecule has 0 radical (unpaired) electrons. The maximum atomic E-state index is 17.9. The third kappa shape index (κ3) is 10.1. The first-order valence-electron chi connectivity index (χ1n) is 28.1. The zero-order chi connectivity index (χ0) is 58.3. The van der Waals surface area contributed by atoms with Crippen LogP contribution in [0.25, 0.3) is 11.1 Å². The summed E-state index contributed by atoms with van der Waals surface area (Å²) in [5.74, 6) is -4.45. The number of rotatable bonds is 17. The average Bonchev–Trinajstić information content (AvgIpc) is 1.43. The van der Waals surface area contributed by atoms with Gasteiger partial charge in [-0.15, -0.1) is 4.52 Å². The van der Waals surface area contributed by atoms with Gasteiger partial charge in [0.1, 0.15) is 36.7 Å². The molecule has 3 amide bonds. The quantitative estimate of drug-likeness (QED) is 0.0763. The second-order valence-electron chi connectivity index (χ2n) is 25.1. The zero-order valence-electron chi connectivity index (χ0n) is 46.3. The molecule has 3 aromatic carbocycles. The third-order valence-corrected chi connectivity index (χ3v) is 19.4. The Morgan fingerprint density at radius 1 is 0.915 bits per heavy atom. The molecule has 12 atom stereocenters. The molecule has 21 heteroatoms. The molecule has 18 nitrogen and oxygen atoms in total. The predicted octanol–water partition coefficient (Wildman–Crippen LogP) is 7.32. The van der Waals surface area contributed by atoms with E-state index in [1.54, 1.807) is 52.0 Å². The van der Waals surface area contributed by atoms with Crippen molar-refractivity contribution in [1.29, 1.82) is 0 Å². The number of alkyl carbamates (subject to hydrolysis) is 1. The second-order valence-corrected chi connectivity index (χ2v) is 25.8. The summed E-state index contributed by atoms with van der Waals surface area (Å²) in [6, 6.07) is 21.4. The van der Waals surface area contributed by atoms with Gasteiger partial charge in [0, 0.05) is 40.7 Å². The number of ketones is 2. The Bertz CT molecular complexity index is 3110. The fraction of sp³-hybridized carbons (Fsp3) is 0.541. The highest BCUT2D eigenvalue weighted by Crippen LogP contribution is 2.73. The highest BCUT2D eigenvalue weighted by Gasteiger charge is 2.80. The van der Waals surface area contributed by atoms with Gasteiger partial charge < -0.3 is 49.6 Å². The number of esters is 1. The SMILES string of the molecule is CC(C)(C)OC(=O)CC[C@H](NC(=O)CNC(=O)OCC1c2ccccc2-c2ccccc21)C(=O)NC1CC2(C1)CC(Oc1ccc([C@@H]3O[C@@H]4C[C@H]5[C@@H]6C[C@H](F)C7=CC(=O)C=C[C@]7(C)[C@@]6(F)[C@@H](O)C[C@]5(C)[C@]4(C(=O)CO[P+](=O)[O-])O3)cc1)C2. The smallest absolute Gasteiger partial charge is 0.488 e. The number of amides is 3. The summed E-state index contributed by atoms with van der Waals surface area (Å²) in [4.78, 5) is 90.9. The van der Waals surface area contributed by atoms with Crippen molar-refractivity contribution < 1.29 is 80.3 Å². The summed E-state index contributed by atoms with van der Waals surface area (Å²) in [7, 11) is -3.44. The van der Waals surface area contributed by atoms with Crippen LogP contribution in [0.2, 0.25) is 0 Å². The summed E-state index contributed by atoms with van der Waals surface area (Å²) in [5, 5.41) is 20.1. The van der Waals surface area contributed by atoms with Gasteiger partial charge in [-0.1, -0.05) is 73.7 Å². The zero-order valence-corrected chi connectivity index (χ0v) is 47.2. The van der Waals surface area contributed by atoms with Gasteiger partial charge in [-0.25, -0.2) is 13.6 Å². The van der Waals surface area contributed by atoms with Crippen LogP contribution in [0.4, 0.5) is 13.6 Å². The number of Topliss-reactive ketones (excluding diaryl/α,β-unsaturated/α-hetero) is 1. The maximum Gasteiger partial charge on any atom is 0.488 e. The Balaban J connectivity index is 0.679. The minimum atomic E-state index is -3.44. The number of hydrogen-bond acceptors (Lipinski definition) is 15. The normalized spacial score (nSPS) is 34.2. The highest BCUT2D eigenvalue weighted by molar-refractivity contribution is 7.30. The molecule has 1 heterocycles. The number of aliphatic hydroxyl groups excluding tert-OH is 1. The van der Waals surface area contributed by atoms with E-state index in [-0.39, 0.29) is 67.8 Å². The van der Waals surface area contributed by atoms with E-state index in [0.29, 0.717) is 37.0 Å². The minimum absolute atomic E-state index is 0.0292. The Hall–Kier alpha value is -6.28. The number of nitrogens with one attached hydrogen (secondary N) is 3. The number of alkyl halides is 2. The lowest BCUT2D eigenvalue weighted by molar-refractivity contribution is -0.235. The largest absolute Gasteiger partial charge is 0.566 e. The molecule has 1 aliphatic heterocycles. The number of carbonyl (C=O) groups excluding carboxylic acids is 6. The van der Waals surface area contributed by atoms with Crippen molar-refractivity contribution in [2.45, 2.75) is 158 Å². The molecule has 3 aromatic rings. The molecule has 6 fully saturated rings. The van der Waals surface area contributed by atoms with Crippen molar-refractivity contribution in [2.24, 2.45) is 28.1 Å². The van der Waals surface area contributed by atoms with Gasteiger partial charge in [0.2, 0.25) is 11.8 Å². The van der Waals surface area contributed by atoms with Gasteiger partial charge in [-0.3, -0.25) is 24.0 Å². The average molecular weight is 1150 g/mol. The predicted molar refractivity (Wildman–Crippen MR) is 288 cm³/mol. The van der Waals surface area contributed by atoms with Gasteiger partial charge in [0.25, 0.3) is 0 Å². The highest BCUT2D eigenvalue weighted by atomic mass is 31.1. The van der Waals surface area contributed by atoms with Crippen LogP contribution in [0.15, 0.2) is 96.6 Å². The Morgan fingerprint density at radius 2 is 1.59 bits per heavy atom. The van der Waals surface area contributed by atoms with Gasteiger partial charge in [0.05, 0.1) is 18.3 Å². The molecular formula is C61H68F2N3O15P. The molecule has 0 bridgehead atoms. The van der Waals surface area contributed by atoms with Crippen LogP contribution in [0.1, 0.15) is 121 Å². The summed E-state index contributed by atoms with van der Waals surface area (Å²) >= 11 is 0. The third-order valence-electron chi connectivity index (χ3n) is 19.0. The van der Waals surface area contributed by atoms with E-state index in [0.717, 1.165) is 28.3 Å². The van der Waals surface area contributed by atoms with Crippen molar-refractivity contribution in [3.63, 3.8) is 0 Å². The molecule has 436 valence electrons. The fourth-order valence-corrected chi connectivity index (χ4v) is 15.6.